The van der Waals surface area contributed by atoms with Gasteiger partial charge in [-0.2, -0.15) is 0 Å². The fourth-order valence-electron chi connectivity index (χ4n) is 2.22. The van der Waals surface area contributed by atoms with Crippen molar-refractivity contribution in [2.75, 3.05) is 7.11 Å². The van der Waals surface area contributed by atoms with Crippen LogP contribution >= 0.6 is 0 Å². The van der Waals surface area contributed by atoms with Crippen molar-refractivity contribution in [3.8, 4) is 5.75 Å². The van der Waals surface area contributed by atoms with E-state index in [4.69, 9.17) is 9.47 Å². The maximum Gasteiger partial charge on any atom is 0.345 e. The molecular weight excluding hydrogens is 282 g/mol. The van der Waals surface area contributed by atoms with Gasteiger partial charge in [-0.25, -0.2) is 9.79 Å². The highest BCUT2D eigenvalue weighted by Gasteiger charge is 2.37. The largest absolute Gasteiger partial charge is 0.496 e. The normalized spacial score (nSPS) is 16.9. The molecule has 1 aliphatic rings. The Labute approximate surface area is 127 Å². The molecule has 0 saturated heterocycles. The van der Waals surface area contributed by atoms with Gasteiger partial charge in [0.25, 0.3) is 0 Å². The average molecular weight is 295 g/mol. The zero-order chi connectivity index (χ0) is 15.5. The van der Waals surface area contributed by atoms with Crippen LogP contribution in [-0.4, -0.2) is 30.8 Å². The van der Waals surface area contributed by atoms with E-state index in [9.17, 15) is 9.59 Å². The number of esters is 1. The van der Waals surface area contributed by atoms with E-state index in [1.807, 2.05) is 6.07 Å². The molecule has 0 N–H and O–H groups in total. The Kier molecular flexibility index (Phi) is 3.70. The van der Waals surface area contributed by atoms with Gasteiger partial charge in [0.05, 0.1) is 12.7 Å². The smallest absolute Gasteiger partial charge is 0.345 e. The fraction of sp³-hybridized carbons (Fsp3) is 0.118. The highest BCUT2D eigenvalue weighted by atomic mass is 16.6. The van der Waals surface area contributed by atoms with Crippen molar-refractivity contribution in [2.24, 2.45) is 4.99 Å². The number of methoxy groups -OCH3 is 1. The lowest BCUT2D eigenvalue weighted by atomic mass is 10.0. The van der Waals surface area contributed by atoms with Crippen LogP contribution in [0, 0.1) is 0 Å². The predicted octanol–water partition coefficient (Wildman–Crippen LogP) is 2.25. The third-order valence-corrected chi connectivity index (χ3v) is 3.31. The molecule has 0 fully saturated rings. The second-order valence-corrected chi connectivity index (χ2v) is 4.69. The zero-order valence-corrected chi connectivity index (χ0v) is 11.9. The van der Waals surface area contributed by atoms with Gasteiger partial charge in [-0.3, -0.25) is 4.79 Å². The second-order valence-electron chi connectivity index (χ2n) is 4.69. The van der Waals surface area contributed by atoms with Crippen molar-refractivity contribution in [3.05, 3.63) is 65.7 Å². The molecule has 3 rings (SSSR count). The molecular formula is C17H13NO4. The number of benzene rings is 2. The molecule has 0 spiro atoms. The summed E-state index contributed by atoms with van der Waals surface area (Å²) in [6, 6.07) is 14.5. The Morgan fingerprint density at radius 2 is 1.77 bits per heavy atom. The van der Waals surface area contributed by atoms with Crippen LogP contribution in [0.2, 0.25) is 0 Å². The molecule has 22 heavy (non-hydrogen) atoms. The number of ether oxygens (including phenoxy) is 2. The van der Waals surface area contributed by atoms with E-state index in [1.54, 1.807) is 48.5 Å². The summed E-state index contributed by atoms with van der Waals surface area (Å²) in [6.07, 6.45) is 0. The topological polar surface area (TPSA) is 65.0 Å². The van der Waals surface area contributed by atoms with Crippen molar-refractivity contribution < 1.29 is 19.1 Å². The van der Waals surface area contributed by atoms with E-state index in [2.05, 4.69) is 4.99 Å². The van der Waals surface area contributed by atoms with Gasteiger partial charge < -0.3 is 9.47 Å². The molecule has 1 heterocycles. The average Bonchev–Trinajstić information content (AvgIpc) is 2.97. The Morgan fingerprint density at radius 3 is 2.50 bits per heavy atom. The molecule has 110 valence electrons. The third kappa shape index (κ3) is 2.48. The molecule has 0 radical (unpaired) electrons. The van der Waals surface area contributed by atoms with Crippen molar-refractivity contribution >= 4 is 17.7 Å². The van der Waals surface area contributed by atoms with Crippen molar-refractivity contribution in [2.45, 2.75) is 6.04 Å². The van der Waals surface area contributed by atoms with Gasteiger partial charge in [0, 0.05) is 5.56 Å². The van der Waals surface area contributed by atoms with E-state index in [-0.39, 0.29) is 5.90 Å². The number of ketones is 1. The first-order valence-corrected chi connectivity index (χ1v) is 6.73. The van der Waals surface area contributed by atoms with Gasteiger partial charge in [-0.15, -0.1) is 0 Å². The summed E-state index contributed by atoms with van der Waals surface area (Å²) in [4.78, 5) is 28.6. The second kappa shape index (κ2) is 5.81. The van der Waals surface area contributed by atoms with E-state index >= 15 is 0 Å². The first-order chi connectivity index (χ1) is 10.7. The molecule has 1 aliphatic heterocycles. The van der Waals surface area contributed by atoms with Gasteiger partial charge in [0.1, 0.15) is 5.75 Å². The Hall–Kier alpha value is -2.95. The Balaban J connectivity index is 1.93. The maximum atomic E-state index is 12.5. The van der Waals surface area contributed by atoms with Crippen molar-refractivity contribution in [1.82, 2.24) is 0 Å². The molecule has 2 aromatic carbocycles. The van der Waals surface area contributed by atoms with Crippen LogP contribution in [0.5, 0.6) is 5.75 Å². The van der Waals surface area contributed by atoms with E-state index in [1.165, 1.54) is 7.11 Å². The van der Waals surface area contributed by atoms with E-state index < -0.39 is 17.8 Å². The number of aliphatic imine (C=N–C) groups is 1. The van der Waals surface area contributed by atoms with Crippen molar-refractivity contribution in [3.63, 3.8) is 0 Å². The summed E-state index contributed by atoms with van der Waals surface area (Å²) in [7, 11) is 1.47. The molecule has 1 unspecified atom stereocenters. The summed E-state index contributed by atoms with van der Waals surface area (Å²) >= 11 is 0. The number of rotatable bonds is 4. The third-order valence-electron chi connectivity index (χ3n) is 3.31. The Morgan fingerprint density at radius 1 is 1.09 bits per heavy atom. The molecule has 0 saturated carbocycles. The van der Waals surface area contributed by atoms with Crippen LogP contribution in [0.3, 0.4) is 0 Å². The summed E-state index contributed by atoms with van der Waals surface area (Å²) in [5.74, 6) is -0.536. The number of hydrogen-bond donors (Lipinski definition) is 0. The number of para-hydroxylation sites is 1. The minimum Gasteiger partial charge on any atom is -0.496 e. The number of nitrogens with zero attached hydrogens (tertiary/aromatic N) is 1. The first kappa shape index (κ1) is 14.0. The minimum absolute atomic E-state index is 0.166. The van der Waals surface area contributed by atoms with Gasteiger partial charge in [0.15, 0.2) is 0 Å². The number of hydrogen-bond acceptors (Lipinski definition) is 5. The van der Waals surface area contributed by atoms with Gasteiger partial charge in [0.2, 0.25) is 17.7 Å². The molecule has 0 bridgehead atoms. The minimum atomic E-state index is -1.19. The summed E-state index contributed by atoms with van der Waals surface area (Å²) in [6.45, 7) is 0. The molecule has 0 amide bonds. The Bertz CT molecular complexity index is 752. The van der Waals surface area contributed by atoms with Crippen LogP contribution in [0.15, 0.2) is 59.6 Å². The number of cyclic esters (lactones) is 1. The van der Waals surface area contributed by atoms with Crippen molar-refractivity contribution in [1.29, 1.82) is 0 Å². The number of carbonyl (C=O) groups excluding carboxylic acids is 2. The first-order valence-electron chi connectivity index (χ1n) is 6.73. The standard InChI is InChI=1S/C17H13NO4/c1-21-13-10-6-5-9-12(13)15(19)14-17(20)22-16(18-14)11-7-3-2-4-8-11/h2-10,14H,1H3. The van der Waals surface area contributed by atoms with Crippen LogP contribution in [0.25, 0.3) is 0 Å². The summed E-state index contributed by atoms with van der Waals surface area (Å²) in [5, 5.41) is 0. The van der Waals surface area contributed by atoms with Crippen LogP contribution in [0.4, 0.5) is 0 Å². The molecule has 5 heteroatoms. The molecule has 0 aliphatic carbocycles. The van der Waals surface area contributed by atoms with Gasteiger partial charge in [-0.05, 0) is 24.3 Å². The van der Waals surface area contributed by atoms with E-state index in [0.29, 0.717) is 16.9 Å². The lowest BCUT2D eigenvalue weighted by molar-refractivity contribution is -0.133. The monoisotopic (exact) mass is 295 g/mol. The van der Waals surface area contributed by atoms with Crippen LogP contribution in [0.1, 0.15) is 15.9 Å². The highest BCUT2D eigenvalue weighted by molar-refractivity contribution is 6.20. The summed E-state index contributed by atoms with van der Waals surface area (Å²) in [5.41, 5.74) is 0.969. The number of carbonyl (C=O) groups is 2. The number of Topliss-reactive ketones (excluding diaryl/α,β-unsaturated/α-hetero) is 1. The van der Waals surface area contributed by atoms with Gasteiger partial charge >= 0.3 is 5.97 Å². The van der Waals surface area contributed by atoms with E-state index in [0.717, 1.165) is 0 Å². The highest BCUT2D eigenvalue weighted by Crippen LogP contribution is 2.23. The SMILES string of the molecule is COc1ccccc1C(=O)C1N=C(c2ccccc2)OC1=O. The quantitative estimate of drug-likeness (QED) is 0.493. The molecule has 2 aromatic rings. The molecule has 0 aromatic heterocycles. The lowest BCUT2D eigenvalue weighted by Crippen LogP contribution is -2.26. The molecule has 5 nitrogen and oxygen atoms in total. The molecule has 1 atom stereocenters. The fourth-order valence-corrected chi connectivity index (χ4v) is 2.22. The maximum absolute atomic E-state index is 12.5. The predicted molar refractivity (Wildman–Crippen MR) is 80.2 cm³/mol. The van der Waals surface area contributed by atoms with Crippen LogP contribution < -0.4 is 4.74 Å². The van der Waals surface area contributed by atoms with Gasteiger partial charge in [-0.1, -0.05) is 30.3 Å². The zero-order valence-electron chi connectivity index (χ0n) is 11.9. The lowest BCUT2D eigenvalue weighted by Gasteiger charge is -2.07. The summed E-state index contributed by atoms with van der Waals surface area (Å²) < 4.78 is 10.3. The van der Waals surface area contributed by atoms with Crippen LogP contribution in [-0.2, 0) is 9.53 Å².